The topological polar surface area (TPSA) is 381 Å². The number of carbonyl (C=O) groups is 9. The van der Waals surface area contributed by atoms with Gasteiger partial charge in [0.2, 0.25) is 47.3 Å². The molecular weight excluding hydrogens is 752 g/mol. The molecule has 0 unspecified atom stereocenters. The molecule has 57 heavy (non-hydrogen) atoms. The molecule has 0 rings (SSSR count). The minimum Gasteiger partial charge on any atom is -0.481 e. The van der Waals surface area contributed by atoms with Crippen LogP contribution < -0.4 is 59.7 Å². The molecule has 322 valence electrons. The number of nitrogens with two attached hydrogens (primary N) is 3. The highest BCUT2D eigenvalue weighted by molar-refractivity contribution is 5.97. The van der Waals surface area contributed by atoms with Gasteiger partial charge in [-0.1, -0.05) is 33.8 Å². The van der Waals surface area contributed by atoms with Crippen LogP contribution in [0.15, 0.2) is 17.6 Å². The maximum atomic E-state index is 13.1. The van der Waals surface area contributed by atoms with E-state index in [1.54, 1.807) is 27.7 Å². The molecule has 0 aromatic rings. The summed E-state index contributed by atoms with van der Waals surface area (Å²) in [5.74, 6) is -8.82. The molecule has 0 radical (unpaired) electrons. The average Bonchev–Trinajstić information content (AvgIpc) is 3.13. The van der Waals surface area contributed by atoms with E-state index < -0.39 is 116 Å². The molecule has 0 aromatic heterocycles. The Bertz CT molecular complexity index is 1450. The summed E-state index contributed by atoms with van der Waals surface area (Å²) in [6.45, 7) is 9.79. The van der Waals surface area contributed by atoms with Gasteiger partial charge >= 0.3 is 5.97 Å². The monoisotopic (exact) mass is 812 g/mol. The number of aliphatic imine (C=N–C) groups is 1. The van der Waals surface area contributed by atoms with Crippen LogP contribution in [0.4, 0.5) is 0 Å². The minimum absolute atomic E-state index is 0.0200. The van der Waals surface area contributed by atoms with E-state index in [-0.39, 0.29) is 50.1 Å². The number of aliphatic hydroxyl groups excluding tert-OH is 1. The van der Waals surface area contributed by atoms with E-state index in [1.165, 1.54) is 13.0 Å². The first-order valence-corrected chi connectivity index (χ1v) is 18.2. The normalized spacial score (nSPS) is 13.9. The van der Waals surface area contributed by atoms with Crippen molar-refractivity contribution >= 4 is 59.2 Å². The number of hydrogen-bond donors (Lipinski definition) is 13. The maximum Gasteiger partial charge on any atom is 0.305 e. The molecule has 0 aliphatic heterocycles. The van der Waals surface area contributed by atoms with E-state index in [1.807, 2.05) is 0 Å². The number of carbonyl (C=O) groups excluding carboxylic acids is 8. The third-order valence-corrected chi connectivity index (χ3v) is 7.82. The Kier molecular flexibility index (Phi) is 24.1. The fourth-order valence-corrected chi connectivity index (χ4v) is 4.67. The van der Waals surface area contributed by atoms with E-state index in [4.69, 9.17) is 17.2 Å². The molecule has 8 amide bonds. The summed E-state index contributed by atoms with van der Waals surface area (Å²) in [6, 6.07) is -7.86. The Balaban J connectivity index is 5.69. The van der Waals surface area contributed by atoms with Crippen molar-refractivity contribution in [3.63, 3.8) is 0 Å². The van der Waals surface area contributed by atoms with Crippen molar-refractivity contribution in [1.29, 1.82) is 0 Å². The molecule has 0 heterocycles. The number of rotatable bonds is 27. The van der Waals surface area contributed by atoms with Crippen LogP contribution in [0.2, 0.25) is 0 Å². The van der Waals surface area contributed by atoms with Crippen LogP contribution in [0.5, 0.6) is 0 Å². The van der Waals surface area contributed by atoms with Gasteiger partial charge in [0.1, 0.15) is 30.2 Å². The van der Waals surface area contributed by atoms with Crippen LogP contribution in [0.1, 0.15) is 60.3 Å². The number of guanidine groups is 1. The fraction of sp³-hybridized carbons (Fsp3) is 0.647. The van der Waals surface area contributed by atoms with E-state index in [0.29, 0.717) is 0 Å². The zero-order chi connectivity index (χ0) is 43.8. The van der Waals surface area contributed by atoms with Gasteiger partial charge in [-0.05, 0) is 38.0 Å². The molecule has 0 bridgehead atoms. The summed E-state index contributed by atoms with van der Waals surface area (Å²) < 4.78 is 0. The molecule has 0 fully saturated rings. The Morgan fingerprint density at radius 1 is 0.684 bits per heavy atom. The minimum atomic E-state index is -1.81. The lowest BCUT2D eigenvalue weighted by Crippen LogP contribution is -2.59. The van der Waals surface area contributed by atoms with Gasteiger partial charge in [0.25, 0.3) is 0 Å². The van der Waals surface area contributed by atoms with Gasteiger partial charge < -0.3 is 69.9 Å². The van der Waals surface area contributed by atoms with Gasteiger partial charge in [0.05, 0.1) is 32.2 Å². The second kappa shape index (κ2) is 26.9. The van der Waals surface area contributed by atoms with Gasteiger partial charge in [-0.25, -0.2) is 0 Å². The lowest BCUT2D eigenvalue weighted by atomic mass is 10.0. The average molecular weight is 813 g/mol. The third-order valence-electron chi connectivity index (χ3n) is 7.82. The third kappa shape index (κ3) is 21.7. The summed E-state index contributed by atoms with van der Waals surface area (Å²) >= 11 is 0. The van der Waals surface area contributed by atoms with Gasteiger partial charge in [-0.2, -0.15) is 0 Å². The molecule has 0 aliphatic rings. The summed E-state index contributed by atoms with van der Waals surface area (Å²) in [4.78, 5) is 117. The molecule has 0 saturated carbocycles. The SMILES string of the molecule is C=CCNC(=O)[C@H](C)NC(=O)[C@H](CC(C)C)NC(=O)[C@H](CO)NC(=O)[C@H](CC(=O)O)NC(=O)CNC(=O)[C@H](CCCN=C(N)N)NC(=O)CNC(=O)[C@@H](N)C(C)C. The predicted molar refractivity (Wildman–Crippen MR) is 206 cm³/mol. The van der Waals surface area contributed by atoms with Gasteiger partial charge in [0, 0.05) is 13.1 Å². The molecular formula is C34H60N12O11. The first-order valence-electron chi connectivity index (χ1n) is 18.2. The first kappa shape index (κ1) is 51.2. The smallest absolute Gasteiger partial charge is 0.305 e. The standard InChI is InChI=1S/C34H60N12O11/c1-7-10-38-28(52)19(6)42-30(54)21(12-17(2)3)45-32(56)23(16-47)46-31(55)22(13-26(50)51)44-25(49)14-40-29(53)20(9-8-11-39-34(36)37)43-24(48)15-41-33(57)27(35)18(4)5/h7,17-23,27,47H,1,8-16,35H2,2-6H3,(H,38,52)(H,40,53)(H,41,57)(H,42,54)(H,43,48)(H,44,49)(H,45,56)(H,46,55)(H,50,51)(H4,36,37,39)/t19-,20-,21-,22-,23-,27-/m0/s1. The Morgan fingerprint density at radius 3 is 1.72 bits per heavy atom. The van der Waals surface area contributed by atoms with Crippen LogP contribution >= 0.6 is 0 Å². The highest BCUT2D eigenvalue weighted by atomic mass is 16.4. The second-order valence-electron chi connectivity index (χ2n) is 13.7. The molecule has 0 saturated heterocycles. The molecule has 0 spiro atoms. The number of hydrogen-bond acceptors (Lipinski definition) is 12. The number of amides is 8. The Morgan fingerprint density at radius 2 is 1.21 bits per heavy atom. The largest absolute Gasteiger partial charge is 0.481 e. The number of carboxylic acids is 1. The molecule has 0 aromatic carbocycles. The Hall–Kier alpha value is -5.84. The van der Waals surface area contributed by atoms with Crippen LogP contribution in [0.3, 0.4) is 0 Å². The number of nitrogens with one attached hydrogen (secondary N) is 8. The summed E-state index contributed by atoms with van der Waals surface area (Å²) in [7, 11) is 0. The number of aliphatic carboxylic acids is 1. The zero-order valence-electron chi connectivity index (χ0n) is 33.0. The van der Waals surface area contributed by atoms with Crippen LogP contribution in [-0.4, -0.2) is 138 Å². The molecule has 16 N–H and O–H groups in total. The number of aliphatic hydroxyl groups is 1. The van der Waals surface area contributed by atoms with E-state index >= 15 is 0 Å². The van der Waals surface area contributed by atoms with Crippen molar-refractivity contribution in [2.75, 3.05) is 32.8 Å². The van der Waals surface area contributed by atoms with Crippen LogP contribution in [0, 0.1) is 11.8 Å². The molecule has 0 aliphatic carbocycles. The van der Waals surface area contributed by atoms with Gasteiger partial charge in [-0.3, -0.25) is 48.1 Å². The number of carboxylic acid groups (broad SMARTS) is 1. The van der Waals surface area contributed by atoms with Crippen molar-refractivity contribution in [2.45, 2.75) is 96.6 Å². The van der Waals surface area contributed by atoms with Crippen molar-refractivity contribution in [1.82, 2.24) is 42.5 Å². The van der Waals surface area contributed by atoms with Gasteiger partial charge in [-0.15, -0.1) is 6.58 Å². The zero-order valence-corrected chi connectivity index (χ0v) is 33.0. The van der Waals surface area contributed by atoms with E-state index in [2.05, 4.69) is 54.1 Å². The molecule has 23 heteroatoms. The lowest BCUT2D eigenvalue weighted by molar-refractivity contribution is -0.141. The van der Waals surface area contributed by atoms with Gasteiger partial charge in [0.15, 0.2) is 5.96 Å². The summed E-state index contributed by atoms with van der Waals surface area (Å²) in [6.07, 6.45) is 0.737. The lowest BCUT2D eigenvalue weighted by Gasteiger charge is -2.25. The number of nitrogens with zero attached hydrogens (tertiary/aromatic N) is 1. The van der Waals surface area contributed by atoms with Crippen molar-refractivity contribution in [3.05, 3.63) is 12.7 Å². The fourth-order valence-electron chi connectivity index (χ4n) is 4.67. The van der Waals surface area contributed by atoms with Crippen LogP contribution in [0.25, 0.3) is 0 Å². The highest BCUT2D eigenvalue weighted by Gasteiger charge is 2.32. The molecule has 6 atom stereocenters. The predicted octanol–water partition coefficient (Wildman–Crippen LogP) is -5.49. The Labute approximate surface area is 330 Å². The molecule has 23 nitrogen and oxygen atoms in total. The highest BCUT2D eigenvalue weighted by Crippen LogP contribution is 2.07. The van der Waals surface area contributed by atoms with E-state index in [0.717, 1.165) is 0 Å². The first-order chi connectivity index (χ1) is 26.6. The maximum absolute atomic E-state index is 13.1. The quantitative estimate of drug-likeness (QED) is 0.0159. The summed E-state index contributed by atoms with van der Waals surface area (Å²) in [5.41, 5.74) is 16.4. The van der Waals surface area contributed by atoms with Crippen LogP contribution in [-0.2, 0) is 43.2 Å². The van der Waals surface area contributed by atoms with Crippen molar-refractivity contribution < 1.29 is 53.4 Å². The van der Waals surface area contributed by atoms with E-state index in [9.17, 15) is 53.4 Å². The second-order valence-corrected chi connectivity index (χ2v) is 13.7. The summed E-state index contributed by atoms with van der Waals surface area (Å²) in [5, 5.41) is 38.1. The van der Waals surface area contributed by atoms with Crippen molar-refractivity contribution in [3.8, 4) is 0 Å². The van der Waals surface area contributed by atoms with Crippen molar-refractivity contribution in [2.24, 2.45) is 34.0 Å².